The van der Waals surface area contributed by atoms with Gasteiger partial charge in [-0.15, -0.1) is 0 Å². The number of pyridine rings is 1. The average Bonchev–Trinajstić information content (AvgIpc) is 2.27. The third kappa shape index (κ3) is 1.77. The fourth-order valence-electron chi connectivity index (χ4n) is 1.24. The molecule has 1 nitrogen and oxygen atoms in total. The Balaban J connectivity index is 2.64. The van der Waals surface area contributed by atoms with Crippen molar-refractivity contribution in [1.82, 2.24) is 4.98 Å². The van der Waals surface area contributed by atoms with Crippen molar-refractivity contribution in [2.75, 3.05) is 0 Å². The second-order valence-electron chi connectivity index (χ2n) is 2.79. The van der Waals surface area contributed by atoms with Crippen LogP contribution in [0.2, 0.25) is 5.02 Å². The van der Waals surface area contributed by atoms with Crippen LogP contribution in [-0.4, -0.2) is 4.98 Å². The molecule has 0 radical (unpaired) electrons. The predicted molar refractivity (Wildman–Crippen MR) is 56.7 cm³/mol. The molecule has 0 aromatic carbocycles. The van der Waals surface area contributed by atoms with Gasteiger partial charge in [0.05, 0.1) is 10.7 Å². The van der Waals surface area contributed by atoms with E-state index in [2.05, 4.69) is 4.98 Å². The van der Waals surface area contributed by atoms with Gasteiger partial charge in [0, 0.05) is 23.2 Å². The van der Waals surface area contributed by atoms with E-state index in [1.165, 1.54) is 0 Å². The van der Waals surface area contributed by atoms with E-state index in [1.54, 1.807) is 12.3 Å². The minimum Gasteiger partial charge on any atom is -0.256 e. The number of aromatic nitrogens is 1. The number of hydrogen-bond donors (Lipinski definition) is 0. The van der Waals surface area contributed by atoms with Crippen LogP contribution in [0.4, 0.5) is 0 Å². The number of halogens is 2. The second-order valence-corrected chi connectivity index (χ2v) is 3.68. The highest BCUT2D eigenvalue weighted by Gasteiger charge is 2.06. The topological polar surface area (TPSA) is 12.9 Å². The number of hydrogen-bond acceptors (Lipinski definition) is 1. The number of fused-ring (bicyclic) bond motifs is 1. The fourth-order valence-corrected chi connectivity index (χ4v) is 1.65. The molecule has 0 bridgehead atoms. The maximum atomic E-state index is 6.00. The van der Waals surface area contributed by atoms with Crippen LogP contribution in [0.3, 0.4) is 0 Å². The van der Waals surface area contributed by atoms with Crippen molar-refractivity contribution in [1.29, 1.82) is 0 Å². The SMILES string of the molecule is ClC1=Cc2nccc(Cl)c2C=CC1. The van der Waals surface area contributed by atoms with Gasteiger partial charge in [0.1, 0.15) is 0 Å². The van der Waals surface area contributed by atoms with Crippen molar-refractivity contribution >= 4 is 35.4 Å². The Hall–Kier alpha value is -0.790. The molecule has 0 N–H and O–H groups in total. The molecule has 0 spiro atoms. The summed E-state index contributed by atoms with van der Waals surface area (Å²) in [7, 11) is 0. The maximum absolute atomic E-state index is 6.00. The number of allylic oxidation sites excluding steroid dienone is 2. The lowest BCUT2D eigenvalue weighted by Crippen LogP contribution is -1.86. The lowest BCUT2D eigenvalue weighted by molar-refractivity contribution is 1.28. The monoisotopic (exact) mass is 211 g/mol. The summed E-state index contributed by atoms with van der Waals surface area (Å²) in [5, 5.41) is 1.49. The highest BCUT2D eigenvalue weighted by molar-refractivity contribution is 6.33. The standard InChI is InChI=1S/C10H7Cl2N/c11-7-2-1-3-8-9(12)4-5-13-10(8)6-7/h1,3-6H,2H2. The quantitative estimate of drug-likeness (QED) is 0.638. The first-order chi connectivity index (χ1) is 6.27. The summed E-state index contributed by atoms with van der Waals surface area (Å²) in [6, 6.07) is 1.78. The third-order valence-corrected chi connectivity index (χ3v) is 2.45. The molecule has 1 aromatic heterocycles. The lowest BCUT2D eigenvalue weighted by atomic mass is 10.2. The van der Waals surface area contributed by atoms with E-state index >= 15 is 0 Å². The summed E-state index contributed by atoms with van der Waals surface area (Å²) in [5.41, 5.74) is 1.78. The van der Waals surface area contributed by atoms with Gasteiger partial charge in [0.2, 0.25) is 0 Å². The van der Waals surface area contributed by atoms with E-state index in [0.717, 1.165) is 22.7 Å². The second kappa shape index (κ2) is 3.52. The molecule has 13 heavy (non-hydrogen) atoms. The van der Waals surface area contributed by atoms with E-state index in [4.69, 9.17) is 23.2 Å². The van der Waals surface area contributed by atoms with Crippen LogP contribution in [0.15, 0.2) is 23.4 Å². The Morgan fingerprint density at radius 1 is 1.31 bits per heavy atom. The molecule has 0 unspecified atom stereocenters. The zero-order valence-corrected chi connectivity index (χ0v) is 8.31. The Labute approximate surface area is 86.7 Å². The van der Waals surface area contributed by atoms with Crippen molar-refractivity contribution in [3.05, 3.63) is 39.7 Å². The third-order valence-electron chi connectivity index (χ3n) is 1.86. The van der Waals surface area contributed by atoms with Crippen LogP contribution in [0.25, 0.3) is 12.2 Å². The first kappa shape index (κ1) is 8.79. The molecule has 1 heterocycles. The zero-order valence-electron chi connectivity index (χ0n) is 6.80. The largest absolute Gasteiger partial charge is 0.256 e. The van der Waals surface area contributed by atoms with E-state index < -0.39 is 0 Å². The molecular formula is C10H7Cl2N. The summed E-state index contributed by atoms with van der Waals surface area (Å²) in [4.78, 5) is 4.19. The van der Waals surface area contributed by atoms with Gasteiger partial charge in [-0.25, -0.2) is 0 Å². The van der Waals surface area contributed by atoms with E-state index in [0.29, 0.717) is 5.02 Å². The van der Waals surface area contributed by atoms with Crippen LogP contribution >= 0.6 is 23.2 Å². The molecular weight excluding hydrogens is 205 g/mol. The fraction of sp³-hybridized carbons (Fsp3) is 0.100. The molecule has 0 fully saturated rings. The highest BCUT2D eigenvalue weighted by Crippen LogP contribution is 2.26. The van der Waals surface area contributed by atoms with Gasteiger partial charge in [-0.3, -0.25) is 4.98 Å². The number of nitrogens with zero attached hydrogens (tertiary/aromatic N) is 1. The van der Waals surface area contributed by atoms with Gasteiger partial charge in [-0.1, -0.05) is 35.4 Å². The summed E-state index contributed by atoms with van der Waals surface area (Å²) in [5.74, 6) is 0. The van der Waals surface area contributed by atoms with Gasteiger partial charge in [0.15, 0.2) is 0 Å². The van der Waals surface area contributed by atoms with Gasteiger partial charge in [-0.2, -0.15) is 0 Å². The molecule has 2 rings (SSSR count). The Bertz CT molecular complexity index is 394. The summed E-state index contributed by atoms with van der Waals surface area (Å²) < 4.78 is 0. The smallest absolute Gasteiger partial charge is 0.0728 e. The van der Waals surface area contributed by atoms with Crippen LogP contribution in [0, 0.1) is 0 Å². The van der Waals surface area contributed by atoms with Crippen molar-refractivity contribution in [2.24, 2.45) is 0 Å². The van der Waals surface area contributed by atoms with E-state index in [-0.39, 0.29) is 0 Å². The summed E-state index contributed by atoms with van der Waals surface area (Å²) in [6.07, 6.45) is 8.22. The molecule has 0 atom stereocenters. The van der Waals surface area contributed by atoms with Gasteiger partial charge < -0.3 is 0 Å². The molecule has 3 heteroatoms. The Morgan fingerprint density at radius 3 is 3.00 bits per heavy atom. The molecule has 0 aliphatic heterocycles. The van der Waals surface area contributed by atoms with E-state index in [9.17, 15) is 0 Å². The van der Waals surface area contributed by atoms with Crippen molar-refractivity contribution in [3.63, 3.8) is 0 Å². The first-order valence-corrected chi connectivity index (χ1v) is 4.70. The van der Waals surface area contributed by atoms with E-state index in [1.807, 2.05) is 18.2 Å². The molecule has 0 amide bonds. The average molecular weight is 212 g/mol. The Morgan fingerprint density at radius 2 is 2.15 bits per heavy atom. The molecule has 0 saturated carbocycles. The maximum Gasteiger partial charge on any atom is 0.0728 e. The molecule has 1 aromatic rings. The van der Waals surface area contributed by atoms with Crippen LogP contribution in [0.1, 0.15) is 17.7 Å². The van der Waals surface area contributed by atoms with Gasteiger partial charge in [-0.05, 0) is 12.1 Å². The summed E-state index contributed by atoms with van der Waals surface area (Å²) in [6.45, 7) is 0. The number of rotatable bonds is 0. The molecule has 0 saturated heterocycles. The normalized spacial score (nSPS) is 14.8. The molecule has 1 aliphatic rings. The van der Waals surface area contributed by atoms with Crippen LogP contribution in [-0.2, 0) is 0 Å². The lowest BCUT2D eigenvalue weighted by Gasteiger charge is -2.00. The molecule has 1 aliphatic carbocycles. The van der Waals surface area contributed by atoms with Crippen LogP contribution < -0.4 is 0 Å². The minimum absolute atomic E-state index is 0.712. The Kier molecular flexibility index (Phi) is 2.38. The van der Waals surface area contributed by atoms with Crippen LogP contribution in [0.5, 0.6) is 0 Å². The van der Waals surface area contributed by atoms with Gasteiger partial charge in [0.25, 0.3) is 0 Å². The van der Waals surface area contributed by atoms with Crippen molar-refractivity contribution in [3.8, 4) is 0 Å². The highest BCUT2D eigenvalue weighted by atomic mass is 35.5. The van der Waals surface area contributed by atoms with Crippen molar-refractivity contribution < 1.29 is 0 Å². The minimum atomic E-state index is 0.712. The summed E-state index contributed by atoms with van der Waals surface area (Å²) >= 11 is 11.9. The van der Waals surface area contributed by atoms with Crippen molar-refractivity contribution in [2.45, 2.75) is 6.42 Å². The molecule has 66 valence electrons. The zero-order chi connectivity index (χ0) is 9.26. The van der Waals surface area contributed by atoms with Gasteiger partial charge >= 0.3 is 0 Å². The first-order valence-electron chi connectivity index (χ1n) is 3.94. The predicted octanol–water partition coefficient (Wildman–Crippen LogP) is 3.73.